The number of hydrogen-bond donors (Lipinski definition) is 3. The van der Waals surface area contributed by atoms with Gasteiger partial charge >= 0.3 is 0 Å². The molecule has 2 saturated carbocycles. The Balaban J connectivity index is 0.00000280. The van der Waals surface area contributed by atoms with Gasteiger partial charge in [0.2, 0.25) is 5.91 Å². The van der Waals surface area contributed by atoms with Gasteiger partial charge in [0.05, 0.1) is 0 Å². The molecule has 2 amide bonds. The van der Waals surface area contributed by atoms with E-state index in [-0.39, 0.29) is 36.3 Å². The fraction of sp³-hybridized carbons (Fsp3) is 0.636. The zero-order valence-electron chi connectivity index (χ0n) is 17.2. The molecule has 2 bridgehead atoms. The average molecular weight is 408 g/mol. The quantitative estimate of drug-likeness (QED) is 0.688. The van der Waals surface area contributed by atoms with E-state index in [1.54, 1.807) is 6.07 Å². The van der Waals surface area contributed by atoms with Crippen LogP contribution in [0.1, 0.15) is 68.3 Å². The van der Waals surface area contributed by atoms with E-state index in [1.165, 1.54) is 6.42 Å². The molecule has 6 heteroatoms. The fourth-order valence-corrected chi connectivity index (χ4v) is 4.78. The topological polar surface area (TPSA) is 84.2 Å². The second kappa shape index (κ2) is 9.75. The van der Waals surface area contributed by atoms with E-state index in [1.807, 2.05) is 32.9 Å². The number of carbonyl (C=O) groups is 2. The van der Waals surface area contributed by atoms with E-state index in [0.29, 0.717) is 29.7 Å². The van der Waals surface area contributed by atoms with E-state index in [4.69, 9.17) is 5.73 Å². The lowest BCUT2D eigenvalue weighted by molar-refractivity contribution is -0.116. The Morgan fingerprint density at radius 3 is 2.39 bits per heavy atom. The molecule has 1 aromatic carbocycles. The van der Waals surface area contributed by atoms with Crippen LogP contribution in [0.2, 0.25) is 0 Å². The summed E-state index contributed by atoms with van der Waals surface area (Å²) in [6.45, 7) is 5.97. The molecule has 0 heterocycles. The molecule has 4 N–H and O–H groups in total. The van der Waals surface area contributed by atoms with Gasteiger partial charge in [0.25, 0.3) is 5.91 Å². The Kier molecular flexibility index (Phi) is 7.90. The maximum atomic E-state index is 12.8. The van der Waals surface area contributed by atoms with Crippen LogP contribution in [0.5, 0.6) is 0 Å². The number of carbonyl (C=O) groups excluding carboxylic acids is 2. The van der Waals surface area contributed by atoms with Gasteiger partial charge in [-0.25, -0.2) is 0 Å². The highest BCUT2D eigenvalue weighted by molar-refractivity contribution is 5.96. The minimum absolute atomic E-state index is 0. The van der Waals surface area contributed by atoms with Crippen LogP contribution in [-0.2, 0) is 4.79 Å². The van der Waals surface area contributed by atoms with Gasteiger partial charge in [0, 0.05) is 29.8 Å². The normalized spacial score (nSPS) is 26.3. The van der Waals surface area contributed by atoms with E-state index < -0.39 is 0 Å². The molecule has 156 valence electrons. The Morgan fingerprint density at radius 1 is 1.18 bits per heavy atom. The second-order valence-corrected chi connectivity index (χ2v) is 8.86. The number of fused-ring (bicyclic) bond motifs is 2. The summed E-state index contributed by atoms with van der Waals surface area (Å²) in [6.07, 6.45) is 6.10. The zero-order valence-corrected chi connectivity index (χ0v) is 18.0. The molecule has 2 atom stereocenters. The summed E-state index contributed by atoms with van der Waals surface area (Å²) in [4.78, 5) is 24.8. The van der Waals surface area contributed by atoms with Crippen molar-refractivity contribution in [2.75, 3.05) is 5.32 Å². The highest BCUT2D eigenvalue weighted by Gasteiger charge is 2.39. The second-order valence-electron chi connectivity index (χ2n) is 8.86. The van der Waals surface area contributed by atoms with Crippen molar-refractivity contribution in [2.45, 2.75) is 71.4 Å². The number of halogens is 1. The first-order valence-corrected chi connectivity index (χ1v) is 10.3. The van der Waals surface area contributed by atoms with Gasteiger partial charge in [-0.05, 0) is 74.1 Å². The van der Waals surface area contributed by atoms with Gasteiger partial charge in [-0.1, -0.05) is 20.3 Å². The lowest BCUT2D eigenvalue weighted by Crippen LogP contribution is -2.53. The van der Waals surface area contributed by atoms with Gasteiger partial charge in [-0.15, -0.1) is 12.4 Å². The number of benzene rings is 1. The average Bonchev–Trinajstić information content (AvgIpc) is 2.56. The molecule has 3 rings (SSSR count). The van der Waals surface area contributed by atoms with Gasteiger partial charge in [0.15, 0.2) is 0 Å². The molecule has 2 aliphatic rings. The van der Waals surface area contributed by atoms with Gasteiger partial charge in [0.1, 0.15) is 0 Å². The number of nitrogens with two attached hydrogens (primary N) is 1. The Bertz CT molecular complexity index is 693. The van der Waals surface area contributed by atoms with Crippen LogP contribution in [0.15, 0.2) is 18.2 Å². The molecule has 5 nitrogen and oxygen atoms in total. The summed E-state index contributed by atoms with van der Waals surface area (Å²) < 4.78 is 0. The van der Waals surface area contributed by atoms with Crippen molar-refractivity contribution >= 4 is 29.9 Å². The smallest absolute Gasteiger partial charge is 0.251 e. The van der Waals surface area contributed by atoms with Crippen LogP contribution in [-0.4, -0.2) is 23.9 Å². The molecule has 0 aliphatic heterocycles. The maximum Gasteiger partial charge on any atom is 0.251 e. The van der Waals surface area contributed by atoms with E-state index >= 15 is 0 Å². The fourth-order valence-electron chi connectivity index (χ4n) is 4.78. The lowest BCUT2D eigenvalue weighted by atomic mass is 9.67. The van der Waals surface area contributed by atoms with Crippen molar-refractivity contribution < 1.29 is 9.59 Å². The number of nitrogens with one attached hydrogen (secondary N) is 2. The highest BCUT2D eigenvalue weighted by Crippen LogP contribution is 2.39. The largest absolute Gasteiger partial charge is 0.349 e. The third-order valence-electron chi connectivity index (χ3n) is 6.03. The predicted octanol–water partition coefficient (Wildman–Crippen LogP) is 4.04. The zero-order chi connectivity index (χ0) is 19.6. The van der Waals surface area contributed by atoms with Crippen LogP contribution in [0.3, 0.4) is 0 Å². The van der Waals surface area contributed by atoms with Crippen LogP contribution < -0.4 is 16.4 Å². The maximum absolute atomic E-state index is 12.8. The van der Waals surface area contributed by atoms with Crippen molar-refractivity contribution in [2.24, 2.45) is 23.5 Å². The summed E-state index contributed by atoms with van der Waals surface area (Å²) in [5.74, 6) is 1.32. The Labute approximate surface area is 174 Å². The predicted molar refractivity (Wildman–Crippen MR) is 116 cm³/mol. The lowest BCUT2D eigenvalue weighted by Gasteiger charge is -2.45. The van der Waals surface area contributed by atoms with Crippen LogP contribution >= 0.6 is 12.4 Å². The Hall–Kier alpha value is -1.59. The Morgan fingerprint density at radius 2 is 1.82 bits per heavy atom. The molecule has 0 saturated heterocycles. The summed E-state index contributed by atoms with van der Waals surface area (Å²) in [6, 6.07) is 6.03. The minimum atomic E-state index is -0.0180. The molecule has 28 heavy (non-hydrogen) atoms. The molecular weight excluding hydrogens is 374 g/mol. The van der Waals surface area contributed by atoms with Gasteiger partial charge in [-0.2, -0.15) is 0 Å². The molecule has 2 aliphatic carbocycles. The molecule has 0 spiro atoms. The summed E-state index contributed by atoms with van der Waals surface area (Å²) in [5, 5.41) is 6.23. The third kappa shape index (κ3) is 5.48. The summed E-state index contributed by atoms with van der Waals surface area (Å²) in [5.41, 5.74) is 8.53. The van der Waals surface area contributed by atoms with Crippen molar-refractivity contribution in [3.05, 3.63) is 29.3 Å². The monoisotopic (exact) mass is 407 g/mol. The van der Waals surface area contributed by atoms with Crippen molar-refractivity contribution in [1.29, 1.82) is 0 Å². The van der Waals surface area contributed by atoms with E-state index in [2.05, 4.69) is 10.6 Å². The first-order chi connectivity index (χ1) is 12.8. The first-order valence-electron chi connectivity index (χ1n) is 10.3. The summed E-state index contributed by atoms with van der Waals surface area (Å²) in [7, 11) is 0. The molecular formula is C22H34ClN3O2. The van der Waals surface area contributed by atoms with Crippen molar-refractivity contribution in [3.8, 4) is 0 Å². The molecule has 1 aromatic rings. The highest BCUT2D eigenvalue weighted by atomic mass is 35.5. The van der Waals surface area contributed by atoms with Crippen LogP contribution in [0, 0.1) is 24.7 Å². The van der Waals surface area contributed by atoms with Gasteiger partial charge < -0.3 is 16.4 Å². The SMILES string of the molecule is Cc1cc(C(=O)NC2C3CCCC2CC(N)C3)ccc1NC(=O)CC(C)C.Cl. The first kappa shape index (κ1) is 22.7. The van der Waals surface area contributed by atoms with Crippen LogP contribution in [0.25, 0.3) is 0 Å². The minimum Gasteiger partial charge on any atom is -0.349 e. The van der Waals surface area contributed by atoms with E-state index in [0.717, 1.165) is 36.9 Å². The van der Waals surface area contributed by atoms with Gasteiger partial charge in [-0.3, -0.25) is 9.59 Å². The van der Waals surface area contributed by atoms with Crippen LogP contribution in [0.4, 0.5) is 5.69 Å². The summed E-state index contributed by atoms with van der Waals surface area (Å²) >= 11 is 0. The third-order valence-corrected chi connectivity index (χ3v) is 6.03. The molecule has 0 aromatic heterocycles. The standard InChI is InChI=1S/C22H33N3O2.ClH/c1-13(2)9-20(26)24-19-8-7-17(10-14(19)3)22(27)25-21-15-5-4-6-16(21)12-18(23)11-15;/h7-8,10,13,15-16,18,21H,4-6,9,11-12,23H2,1-3H3,(H,24,26)(H,25,27);1H. The number of aryl methyl sites for hydroxylation is 1. The molecule has 2 fully saturated rings. The molecule has 2 unspecified atom stereocenters. The van der Waals surface area contributed by atoms with Crippen molar-refractivity contribution in [3.63, 3.8) is 0 Å². The number of amides is 2. The molecule has 0 radical (unpaired) electrons. The van der Waals surface area contributed by atoms with E-state index in [9.17, 15) is 9.59 Å². The number of rotatable bonds is 5. The van der Waals surface area contributed by atoms with Crippen molar-refractivity contribution in [1.82, 2.24) is 5.32 Å². The number of hydrogen-bond acceptors (Lipinski definition) is 3. The number of anilines is 1.